The fraction of sp³-hybridized carbons (Fsp3) is 0.455. The van der Waals surface area contributed by atoms with Gasteiger partial charge in [0.25, 0.3) is 0 Å². The molecular formula is C22H35N. The van der Waals surface area contributed by atoms with Crippen LogP contribution in [0.5, 0.6) is 0 Å². The van der Waals surface area contributed by atoms with E-state index in [4.69, 9.17) is 5.73 Å². The van der Waals surface area contributed by atoms with Gasteiger partial charge in [-0.25, -0.2) is 0 Å². The number of hydrogen-bond acceptors (Lipinski definition) is 1. The molecule has 1 nitrogen and oxygen atoms in total. The smallest absolute Gasteiger partial charge is 0.00813 e. The Morgan fingerprint density at radius 1 is 1.00 bits per heavy atom. The maximum Gasteiger partial charge on any atom is 0.00813 e. The van der Waals surface area contributed by atoms with Gasteiger partial charge in [0.05, 0.1) is 0 Å². The van der Waals surface area contributed by atoms with Crippen LogP contribution in [-0.2, 0) is 0 Å². The Hall–Kier alpha value is -1.76. The van der Waals surface area contributed by atoms with Gasteiger partial charge in [-0.3, -0.25) is 0 Å². The summed E-state index contributed by atoms with van der Waals surface area (Å²) < 4.78 is 0. The van der Waals surface area contributed by atoms with Crippen LogP contribution in [0.3, 0.4) is 0 Å². The lowest BCUT2D eigenvalue weighted by Crippen LogP contribution is -2.01. The van der Waals surface area contributed by atoms with Gasteiger partial charge in [-0.05, 0) is 70.1 Å². The fourth-order valence-electron chi connectivity index (χ4n) is 2.07. The molecule has 128 valence electrons. The molecule has 0 fully saturated rings. The van der Waals surface area contributed by atoms with Crippen molar-refractivity contribution in [3.63, 3.8) is 0 Å². The Morgan fingerprint density at radius 2 is 1.61 bits per heavy atom. The van der Waals surface area contributed by atoms with E-state index >= 15 is 0 Å². The Balaban J connectivity index is 5.72. The molecule has 0 rings (SSSR count). The first kappa shape index (κ1) is 21.2. The summed E-state index contributed by atoms with van der Waals surface area (Å²) in [5.74, 6) is 0. The van der Waals surface area contributed by atoms with Crippen LogP contribution in [-0.4, -0.2) is 0 Å². The maximum absolute atomic E-state index is 6.05. The van der Waals surface area contributed by atoms with E-state index in [-0.39, 0.29) is 0 Å². The van der Waals surface area contributed by atoms with Crippen LogP contribution in [0.15, 0.2) is 70.5 Å². The normalized spacial score (nSPS) is 14.6. The van der Waals surface area contributed by atoms with Crippen molar-refractivity contribution in [3.8, 4) is 0 Å². The highest BCUT2D eigenvalue weighted by Crippen LogP contribution is 2.27. The summed E-state index contributed by atoms with van der Waals surface area (Å²) in [6.07, 6.45) is 10.4. The largest absolute Gasteiger partial charge is 0.402 e. The predicted octanol–water partition coefficient (Wildman–Crippen LogP) is 6.77. The van der Waals surface area contributed by atoms with Crippen molar-refractivity contribution in [2.24, 2.45) is 5.73 Å². The topological polar surface area (TPSA) is 26.0 Å². The van der Waals surface area contributed by atoms with E-state index in [1.165, 1.54) is 27.9 Å². The van der Waals surface area contributed by atoms with Crippen molar-refractivity contribution in [1.29, 1.82) is 0 Å². The second-order valence-electron chi connectivity index (χ2n) is 6.17. The molecule has 0 atom stereocenters. The Morgan fingerprint density at radius 3 is 2.04 bits per heavy atom. The van der Waals surface area contributed by atoms with Crippen LogP contribution in [0.2, 0.25) is 0 Å². The molecule has 0 aliphatic heterocycles. The Kier molecular flexibility index (Phi) is 10.0. The summed E-state index contributed by atoms with van der Waals surface area (Å²) in [7, 11) is 0. The molecule has 0 aliphatic carbocycles. The second kappa shape index (κ2) is 10.9. The average Bonchev–Trinajstić information content (AvgIpc) is 2.55. The monoisotopic (exact) mass is 313 g/mol. The number of nitrogens with two attached hydrogens (primary N) is 1. The minimum atomic E-state index is 0.880. The van der Waals surface area contributed by atoms with Crippen LogP contribution >= 0.6 is 0 Å². The van der Waals surface area contributed by atoms with Crippen molar-refractivity contribution in [3.05, 3.63) is 70.5 Å². The molecule has 0 aliphatic rings. The van der Waals surface area contributed by atoms with Gasteiger partial charge in [0.1, 0.15) is 0 Å². The zero-order valence-corrected chi connectivity index (χ0v) is 16.1. The molecule has 0 heterocycles. The lowest BCUT2D eigenvalue weighted by atomic mass is 9.91. The van der Waals surface area contributed by atoms with Crippen molar-refractivity contribution >= 4 is 0 Å². The molecule has 0 aromatic heterocycles. The van der Waals surface area contributed by atoms with Crippen LogP contribution in [0.1, 0.15) is 67.2 Å². The predicted molar refractivity (Wildman–Crippen MR) is 106 cm³/mol. The van der Waals surface area contributed by atoms with Gasteiger partial charge in [-0.15, -0.1) is 0 Å². The molecule has 1 heteroatoms. The van der Waals surface area contributed by atoms with E-state index in [0.717, 1.165) is 37.0 Å². The van der Waals surface area contributed by atoms with Gasteiger partial charge in [-0.1, -0.05) is 62.0 Å². The molecule has 0 unspecified atom stereocenters. The highest BCUT2D eigenvalue weighted by Gasteiger charge is 2.08. The van der Waals surface area contributed by atoms with Crippen LogP contribution < -0.4 is 5.73 Å². The SMILES string of the molecule is C=C(/C=C(CC(=C/CC(=C)CC)/C(C)=C(\C)N)/C(C)=C/C)CC. The van der Waals surface area contributed by atoms with Gasteiger partial charge in [0.15, 0.2) is 0 Å². The minimum absolute atomic E-state index is 0.880. The molecule has 0 aromatic rings. The maximum atomic E-state index is 6.05. The third-order valence-corrected chi connectivity index (χ3v) is 4.36. The quantitative estimate of drug-likeness (QED) is 0.369. The molecule has 0 radical (unpaired) electrons. The lowest BCUT2D eigenvalue weighted by Gasteiger charge is -2.15. The molecule has 0 saturated carbocycles. The van der Waals surface area contributed by atoms with Gasteiger partial charge >= 0.3 is 0 Å². The van der Waals surface area contributed by atoms with Gasteiger partial charge in [0, 0.05) is 5.70 Å². The summed E-state index contributed by atoms with van der Waals surface area (Å²) in [5.41, 5.74) is 14.4. The zero-order chi connectivity index (χ0) is 18.0. The van der Waals surface area contributed by atoms with E-state index < -0.39 is 0 Å². The molecule has 0 spiro atoms. The van der Waals surface area contributed by atoms with Crippen molar-refractivity contribution < 1.29 is 0 Å². The van der Waals surface area contributed by atoms with Crippen molar-refractivity contribution in [2.75, 3.05) is 0 Å². The van der Waals surface area contributed by atoms with Crippen molar-refractivity contribution in [2.45, 2.75) is 67.2 Å². The van der Waals surface area contributed by atoms with Gasteiger partial charge in [-0.2, -0.15) is 0 Å². The second-order valence-corrected chi connectivity index (χ2v) is 6.17. The number of rotatable bonds is 9. The standard InChI is InChI=1S/C22H35N/c1-9-16(4)12-13-21(19(7)20(8)23)15-22(18(6)11-3)14-17(5)10-2/h11,13-14H,4-5,9-10,12,15,23H2,1-3,6-8H3/b18-11+,20-19+,21-13-,22-14+. The Labute approximate surface area is 144 Å². The molecule has 0 amide bonds. The van der Waals surface area contributed by atoms with Gasteiger partial charge < -0.3 is 5.73 Å². The van der Waals surface area contributed by atoms with E-state index in [1.807, 2.05) is 6.92 Å². The third-order valence-electron chi connectivity index (χ3n) is 4.36. The van der Waals surface area contributed by atoms with Crippen LogP contribution in [0.25, 0.3) is 0 Å². The van der Waals surface area contributed by atoms with Crippen LogP contribution in [0.4, 0.5) is 0 Å². The first-order valence-corrected chi connectivity index (χ1v) is 8.57. The first-order valence-electron chi connectivity index (χ1n) is 8.57. The lowest BCUT2D eigenvalue weighted by molar-refractivity contribution is 1.01. The molecule has 0 aromatic carbocycles. The molecule has 23 heavy (non-hydrogen) atoms. The third kappa shape index (κ3) is 7.88. The summed E-state index contributed by atoms with van der Waals surface area (Å²) in [6.45, 7) is 20.8. The Bertz CT molecular complexity index is 547. The summed E-state index contributed by atoms with van der Waals surface area (Å²) in [5, 5.41) is 0. The number of allylic oxidation sites excluding steroid dienone is 10. The first-order chi connectivity index (χ1) is 10.8. The van der Waals surface area contributed by atoms with Gasteiger partial charge in [0.2, 0.25) is 0 Å². The molecule has 2 N–H and O–H groups in total. The molecular weight excluding hydrogens is 278 g/mol. The summed E-state index contributed by atoms with van der Waals surface area (Å²) >= 11 is 0. The van der Waals surface area contributed by atoms with E-state index in [9.17, 15) is 0 Å². The summed E-state index contributed by atoms with van der Waals surface area (Å²) in [6, 6.07) is 0. The molecule has 0 saturated heterocycles. The minimum Gasteiger partial charge on any atom is -0.402 e. The number of hydrogen-bond donors (Lipinski definition) is 1. The molecule has 0 bridgehead atoms. The highest BCUT2D eigenvalue weighted by molar-refractivity contribution is 5.43. The van der Waals surface area contributed by atoms with E-state index in [0.29, 0.717) is 0 Å². The highest BCUT2D eigenvalue weighted by atomic mass is 14.6. The van der Waals surface area contributed by atoms with E-state index in [1.54, 1.807) is 0 Å². The fourth-order valence-corrected chi connectivity index (χ4v) is 2.07. The van der Waals surface area contributed by atoms with Crippen LogP contribution in [0, 0.1) is 0 Å². The zero-order valence-electron chi connectivity index (χ0n) is 16.1. The van der Waals surface area contributed by atoms with E-state index in [2.05, 4.69) is 66.0 Å². The van der Waals surface area contributed by atoms with Crippen molar-refractivity contribution in [1.82, 2.24) is 0 Å². The summed E-state index contributed by atoms with van der Waals surface area (Å²) in [4.78, 5) is 0. The average molecular weight is 314 g/mol.